The van der Waals surface area contributed by atoms with Gasteiger partial charge in [-0.25, -0.2) is 8.42 Å². The van der Waals surface area contributed by atoms with E-state index in [0.717, 1.165) is 19.3 Å². The molecule has 1 atom stereocenters. The summed E-state index contributed by atoms with van der Waals surface area (Å²) < 4.78 is 29.5. The number of nitrogens with zero attached hydrogens (tertiary/aromatic N) is 3. The highest BCUT2D eigenvalue weighted by atomic mass is 32.2. The van der Waals surface area contributed by atoms with E-state index >= 15 is 0 Å². The highest BCUT2D eigenvalue weighted by Gasteiger charge is 2.39. The van der Waals surface area contributed by atoms with Crippen LogP contribution >= 0.6 is 0 Å². The minimum atomic E-state index is -3.45. The zero-order valence-electron chi connectivity index (χ0n) is 14.0. The molecular weight excluding hydrogens is 286 g/mol. The number of rotatable bonds is 3. The van der Waals surface area contributed by atoms with Crippen molar-refractivity contribution in [2.24, 2.45) is 12.5 Å². The van der Waals surface area contributed by atoms with Gasteiger partial charge in [0.1, 0.15) is 4.90 Å². The molecule has 1 saturated heterocycles. The van der Waals surface area contributed by atoms with Gasteiger partial charge in [-0.05, 0) is 38.5 Å². The lowest BCUT2D eigenvalue weighted by Crippen LogP contribution is -2.38. The first-order chi connectivity index (χ1) is 9.54. The van der Waals surface area contributed by atoms with Crippen LogP contribution in [0.3, 0.4) is 0 Å². The van der Waals surface area contributed by atoms with Gasteiger partial charge in [0.15, 0.2) is 0 Å². The lowest BCUT2D eigenvalue weighted by molar-refractivity contribution is 0.267. The number of aryl methyl sites for hydroxylation is 2. The van der Waals surface area contributed by atoms with Crippen LogP contribution in [0.5, 0.6) is 0 Å². The maximum Gasteiger partial charge on any atom is 0.246 e. The van der Waals surface area contributed by atoms with Crippen molar-refractivity contribution < 1.29 is 8.42 Å². The fourth-order valence-corrected chi connectivity index (χ4v) is 5.38. The molecule has 1 fully saturated rings. The smallest absolute Gasteiger partial charge is 0.246 e. The Morgan fingerprint density at radius 3 is 2.38 bits per heavy atom. The molecule has 21 heavy (non-hydrogen) atoms. The SMILES string of the molecule is Cc1nn(C)c(C)c1S(=O)(=O)N1CCC[C@@H]1CC(C)(C)C. The molecular formula is C15H27N3O2S. The van der Waals surface area contributed by atoms with Gasteiger partial charge in [0, 0.05) is 19.6 Å². The predicted molar refractivity (Wildman–Crippen MR) is 83.7 cm³/mol. The predicted octanol–water partition coefficient (Wildman–Crippen LogP) is 2.63. The normalized spacial score (nSPS) is 21.1. The van der Waals surface area contributed by atoms with E-state index in [0.29, 0.717) is 22.8 Å². The summed E-state index contributed by atoms with van der Waals surface area (Å²) in [6.45, 7) is 10.7. The van der Waals surface area contributed by atoms with Crippen molar-refractivity contribution in [3.05, 3.63) is 11.4 Å². The third-order valence-electron chi connectivity index (χ3n) is 4.18. The minimum absolute atomic E-state index is 0.106. The number of hydrogen-bond acceptors (Lipinski definition) is 3. The Morgan fingerprint density at radius 2 is 1.90 bits per heavy atom. The van der Waals surface area contributed by atoms with Crippen LogP contribution in [0.4, 0.5) is 0 Å². The Bertz CT molecular complexity index is 626. The number of hydrogen-bond donors (Lipinski definition) is 0. The molecule has 0 bridgehead atoms. The van der Waals surface area contributed by atoms with E-state index in [1.165, 1.54) is 0 Å². The molecule has 0 radical (unpaired) electrons. The molecule has 0 unspecified atom stereocenters. The van der Waals surface area contributed by atoms with Gasteiger partial charge in [0.25, 0.3) is 0 Å². The maximum atomic E-state index is 13.1. The zero-order chi connectivity index (χ0) is 16.0. The molecule has 2 heterocycles. The lowest BCUT2D eigenvalue weighted by atomic mass is 9.88. The average molecular weight is 313 g/mol. The molecule has 0 amide bonds. The van der Waals surface area contributed by atoms with Gasteiger partial charge in [-0.2, -0.15) is 9.40 Å². The van der Waals surface area contributed by atoms with Gasteiger partial charge in [-0.3, -0.25) is 4.68 Å². The van der Waals surface area contributed by atoms with Crippen LogP contribution in [0.15, 0.2) is 4.90 Å². The van der Waals surface area contributed by atoms with Crippen LogP contribution in [0.25, 0.3) is 0 Å². The van der Waals surface area contributed by atoms with E-state index < -0.39 is 10.0 Å². The zero-order valence-corrected chi connectivity index (χ0v) is 14.8. The van der Waals surface area contributed by atoms with E-state index in [9.17, 15) is 8.42 Å². The summed E-state index contributed by atoms with van der Waals surface area (Å²) in [4.78, 5) is 0.394. The summed E-state index contributed by atoms with van der Waals surface area (Å²) in [5, 5.41) is 4.26. The summed E-state index contributed by atoms with van der Waals surface area (Å²) in [7, 11) is -1.66. The molecule has 2 rings (SSSR count). The molecule has 1 aromatic heterocycles. The van der Waals surface area contributed by atoms with Gasteiger partial charge in [0.2, 0.25) is 10.0 Å². The Kier molecular flexibility index (Phi) is 4.23. The summed E-state index contributed by atoms with van der Waals surface area (Å²) in [5.74, 6) is 0. The summed E-state index contributed by atoms with van der Waals surface area (Å²) in [5.41, 5.74) is 1.44. The van der Waals surface area contributed by atoms with Crippen molar-refractivity contribution in [1.82, 2.24) is 14.1 Å². The lowest BCUT2D eigenvalue weighted by Gasteiger charge is -2.29. The number of sulfonamides is 1. The molecule has 5 nitrogen and oxygen atoms in total. The van der Waals surface area contributed by atoms with Crippen molar-refractivity contribution >= 4 is 10.0 Å². The summed E-state index contributed by atoms with van der Waals surface area (Å²) >= 11 is 0. The molecule has 6 heteroatoms. The van der Waals surface area contributed by atoms with Crippen molar-refractivity contribution in [2.75, 3.05) is 6.54 Å². The quantitative estimate of drug-likeness (QED) is 0.862. The topological polar surface area (TPSA) is 55.2 Å². The monoisotopic (exact) mass is 313 g/mol. The number of aromatic nitrogens is 2. The Labute approximate surface area is 128 Å². The molecule has 1 aromatic rings. The van der Waals surface area contributed by atoms with Gasteiger partial charge in [0.05, 0.1) is 11.4 Å². The largest absolute Gasteiger partial charge is 0.271 e. The van der Waals surface area contributed by atoms with Gasteiger partial charge in [-0.1, -0.05) is 20.8 Å². The van der Waals surface area contributed by atoms with Crippen LogP contribution < -0.4 is 0 Å². The fraction of sp³-hybridized carbons (Fsp3) is 0.800. The Morgan fingerprint density at radius 1 is 1.29 bits per heavy atom. The molecule has 1 aliphatic rings. The van der Waals surface area contributed by atoms with E-state index in [1.807, 2.05) is 6.92 Å². The van der Waals surface area contributed by atoms with Crippen LogP contribution in [0.2, 0.25) is 0 Å². The fourth-order valence-electron chi connectivity index (χ4n) is 3.28. The molecule has 120 valence electrons. The first-order valence-electron chi connectivity index (χ1n) is 7.56. The van der Waals surface area contributed by atoms with E-state index in [4.69, 9.17) is 0 Å². The summed E-state index contributed by atoms with van der Waals surface area (Å²) in [6.07, 6.45) is 2.79. The second kappa shape index (κ2) is 5.39. The second-order valence-corrected chi connectivity index (χ2v) is 9.13. The van der Waals surface area contributed by atoms with E-state index in [1.54, 1.807) is 23.0 Å². The Balaban J connectivity index is 2.39. The Hall–Kier alpha value is -0.880. The third-order valence-corrected chi connectivity index (χ3v) is 6.39. The van der Waals surface area contributed by atoms with Crippen LogP contribution in [0.1, 0.15) is 51.4 Å². The highest BCUT2D eigenvalue weighted by molar-refractivity contribution is 7.89. The van der Waals surface area contributed by atoms with Gasteiger partial charge in [-0.15, -0.1) is 0 Å². The minimum Gasteiger partial charge on any atom is -0.271 e. The first-order valence-corrected chi connectivity index (χ1v) is 9.00. The molecule has 0 spiro atoms. The second-order valence-electron chi connectivity index (χ2n) is 7.30. The van der Waals surface area contributed by atoms with Crippen molar-refractivity contribution in [3.63, 3.8) is 0 Å². The van der Waals surface area contributed by atoms with Crippen LogP contribution in [-0.2, 0) is 17.1 Å². The van der Waals surface area contributed by atoms with Crippen molar-refractivity contribution in [2.45, 2.75) is 64.8 Å². The van der Waals surface area contributed by atoms with Crippen LogP contribution in [0, 0.1) is 19.3 Å². The summed E-state index contributed by atoms with van der Waals surface area (Å²) in [6, 6.07) is 0.106. The standard InChI is InChI=1S/C15H27N3O2S/c1-11-14(12(2)17(6)16-11)21(19,20)18-9-7-8-13(18)10-15(3,4)5/h13H,7-10H2,1-6H3/t13-/m1/s1. The molecule has 0 aliphatic carbocycles. The first kappa shape index (κ1) is 16.5. The third kappa shape index (κ3) is 3.16. The molecule has 1 aliphatic heterocycles. The van der Waals surface area contributed by atoms with Crippen molar-refractivity contribution in [3.8, 4) is 0 Å². The average Bonchev–Trinajstić information content (AvgIpc) is 2.83. The van der Waals surface area contributed by atoms with E-state index in [2.05, 4.69) is 25.9 Å². The molecule has 0 N–H and O–H groups in total. The van der Waals surface area contributed by atoms with Crippen LogP contribution in [-0.4, -0.2) is 35.1 Å². The van der Waals surface area contributed by atoms with Crippen molar-refractivity contribution in [1.29, 1.82) is 0 Å². The maximum absolute atomic E-state index is 13.1. The van der Waals surface area contributed by atoms with Gasteiger partial charge < -0.3 is 0 Å². The van der Waals surface area contributed by atoms with E-state index in [-0.39, 0.29) is 11.5 Å². The highest BCUT2D eigenvalue weighted by Crippen LogP contribution is 2.35. The van der Waals surface area contributed by atoms with Gasteiger partial charge >= 0.3 is 0 Å². The molecule has 0 aromatic carbocycles. The molecule has 0 saturated carbocycles.